The molecule has 2 rings (SSSR count). The van der Waals surface area contributed by atoms with Gasteiger partial charge in [0.15, 0.2) is 0 Å². The molecule has 1 aromatic rings. The molecule has 0 saturated carbocycles. The Labute approximate surface area is 119 Å². The Kier molecular flexibility index (Phi) is 4.34. The van der Waals surface area contributed by atoms with Crippen LogP contribution in [0.25, 0.3) is 0 Å². The molecular formula is C14H21N3OS. The second-order valence-corrected chi connectivity index (χ2v) is 7.11. The zero-order valence-electron chi connectivity index (χ0n) is 11.8. The van der Waals surface area contributed by atoms with Crippen LogP contribution in [0.3, 0.4) is 0 Å². The van der Waals surface area contributed by atoms with Gasteiger partial charge in [-0.1, -0.05) is 19.9 Å². The van der Waals surface area contributed by atoms with Crippen LogP contribution in [0, 0.1) is 0 Å². The first-order valence-corrected chi connectivity index (χ1v) is 7.58. The fourth-order valence-corrected chi connectivity index (χ4v) is 3.18. The molecule has 0 atom stereocenters. The van der Waals surface area contributed by atoms with Crippen molar-refractivity contribution in [2.75, 3.05) is 31.2 Å². The number of anilines is 1. The first-order valence-electron chi connectivity index (χ1n) is 6.60. The lowest BCUT2D eigenvalue weighted by atomic mass is 10.1. The van der Waals surface area contributed by atoms with Crippen molar-refractivity contribution in [2.45, 2.75) is 25.0 Å². The molecule has 0 radical (unpaired) electrons. The Morgan fingerprint density at radius 3 is 2.95 bits per heavy atom. The third-order valence-electron chi connectivity index (χ3n) is 3.35. The summed E-state index contributed by atoms with van der Waals surface area (Å²) in [5, 5.41) is 2.96. The number of rotatable bonds is 2. The van der Waals surface area contributed by atoms with Crippen LogP contribution >= 0.6 is 11.8 Å². The maximum atomic E-state index is 12.5. The second-order valence-electron chi connectivity index (χ2n) is 5.31. The zero-order chi connectivity index (χ0) is 13.9. The average molecular weight is 279 g/mol. The van der Waals surface area contributed by atoms with Gasteiger partial charge in [0, 0.05) is 30.6 Å². The number of nitrogens with zero attached hydrogens (tertiary/aromatic N) is 2. The monoisotopic (exact) mass is 279 g/mol. The second kappa shape index (κ2) is 5.82. The molecule has 0 bridgehead atoms. The van der Waals surface area contributed by atoms with Crippen LogP contribution in [0.4, 0.5) is 5.82 Å². The van der Waals surface area contributed by atoms with E-state index >= 15 is 0 Å². The average Bonchev–Trinajstić information content (AvgIpc) is 2.59. The third-order valence-corrected chi connectivity index (χ3v) is 4.72. The Morgan fingerprint density at radius 1 is 1.42 bits per heavy atom. The number of carbonyl (C=O) groups is 1. The largest absolute Gasteiger partial charge is 0.373 e. The number of hydrogen-bond donors (Lipinski definition) is 1. The minimum absolute atomic E-state index is 0.0374. The molecule has 1 fully saturated rings. The molecule has 5 heteroatoms. The number of nitrogens with one attached hydrogen (secondary N) is 1. The summed E-state index contributed by atoms with van der Waals surface area (Å²) in [6, 6.07) is 5.51. The predicted molar refractivity (Wildman–Crippen MR) is 80.8 cm³/mol. The number of aromatic nitrogens is 1. The van der Waals surface area contributed by atoms with Gasteiger partial charge in [0.2, 0.25) is 0 Å². The topological polar surface area (TPSA) is 45.2 Å². The molecule has 0 aliphatic carbocycles. The number of carbonyl (C=O) groups excluding carboxylic acids is 1. The van der Waals surface area contributed by atoms with Gasteiger partial charge in [-0.25, -0.2) is 4.98 Å². The van der Waals surface area contributed by atoms with Crippen molar-refractivity contribution in [1.29, 1.82) is 0 Å². The highest BCUT2D eigenvalue weighted by atomic mass is 32.2. The Balaban J connectivity index is 2.10. The summed E-state index contributed by atoms with van der Waals surface area (Å²) < 4.78 is 0.259. The van der Waals surface area contributed by atoms with E-state index in [2.05, 4.69) is 24.1 Å². The molecule has 1 aliphatic rings. The van der Waals surface area contributed by atoms with Gasteiger partial charge in [0.05, 0.1) is 0 Å². The molecule has 2 heterocycles. The van der Waals surface area contributed by atoms with Crippen LogP contribution in [0.1, 0.15) is 30.8 Å². The van der Waals surface area contributed by atoms with Crippen molar-refractivity contribution in [3.05, 3.63) is 23.9 Å². The summed E-state index contributed by atoms with van der Waals surface area (Å²) in [6.07, 6.45) is 1.02. The van der Waals surface area contributed by atoms with Crippen LogP contribution in [-0.2, 0) is 0 Å². The molecule has 104 valence electrons. The summed E-state index contributed by atoms with van der Waals surface area (Å²) in [5.41, 5.74) is 0.525. The SMILES string of the molecule is CNc1cccc(C(=O)N2CCSC(C)(C)CC2)n1. The molecule has 19 heavy (non-hydrogen) atoms. The van der Waals surface area contributed by atoms with Crippen LogP contribution < -0.4 is 5.32 Å². The summed E-state index contributed by atoms with van der Waals surface area (Å²) in [4.78, 5) is 18.7. The van der Waals surface area contributed by atoms with E-state index in [1.165, 1.54) is 0 Å². The van der Waals surface area contributed by atoms with E-state index < -0.39 is 0 Å². The minimum Gasteiger partial charge on any atom is -0.373 e. The lowest BCUT2D eigenvalue weighted by Gasteiger charge is -2.22. The standard InChI is InChI=1S/C14H21N3OS/c1-14(2)7-8-17(9-10-19-14)13(18)11-5-4-6-12(15-3)16-11/h4-6H,7-10H2,1-3H3,(H,15,16). The van der Waals surface area contributed by atoms with Gasteiger partial charge in [-0.2, -0.15) is 11.8 Å². The Bertz CT molecular complexity index is 462. The highest BCUT2D eigenvalue weighted by Crippen LogP contribution is 2.30. The first-order chi connectivity index (χ1) is 9.02. The van der Waals surface area contributed by atoms with E-state index in [0.29, 0.717) is 5.69 Å². The first kappa shape index (κ1) is 14.2. The molecule has 4 nitrogen and oxygen atoms in total. The van der Waals surface area contributed by atoms with Gasteiger partial charge >= 0.3 is 0 Å². The smallest absolute Gasteiger partial charge is 0.272 e. The van der Waals surface area contributed by atoms with Crippen molar-refractivity contribution in [3.63, 3.8) is 0 Å². The molecule has 0 unspecified atom stereocenters. The minimum atomic E-state index is 0.0374. The molecule has 0 spiro atoms. The van der Waals surface area contributed by atoms with E-state index in [1.54, 1.807) is 6.07 Å². The van der Waals surface area contributed by atoms with Gasteiger partial charge in [0.25, 0.3) is 5.91 Å². The van der Waals surface area contributed by atoms with Crippen molar-refractivity contribution >= 4 is 23.5 Å². The van der Waals surface area contributed by atoms with Gasteiger partial charge in [-0.15, -0.1) is 0 Å². The highest BCUT2D eigenvalue weighted by Gasteiger charge is 2.26. The van der Waals surface area contributed by atoms with Gasteiger partial charge in [0.1, 0.15) is 11.5 Å². The van der Waals surface area contributed by atoms with Crippen LogP contribution in [0.15, 0.2) is 18.2 Å². The Morgan fingerprint density at radius 2 is 2.21 bits per heavy atom. The van der Waals surface area contributed by atoms with Crippen molar-refractivity contribution < 1.29 is 4.79 Å². The molecule has 1 N–H and O–H groups in total. The van der Waals surface area contributed by atoms with E-state index in [-0.39, 0.29) is 10.7 Å². The maximum absolute atomic E-state index is 12.5. The quantitative estimate of drug-likeness (QED) is 0.903. The van der Waals surface area contributed by atoms with Crippen LogP contribution in [-0.4, -0.2) is 46.4 Å². The maximum Gasteiger partial charge on any atom is 0.272 e. The van der Waals surface area contributed by atoms with Crippen molar-refractivity contribution in [3.8, 4) is 0 Å². The van der Waals surface area contributed by atoms with Crippen molar-refractivity contribution in [2.24, 2.45) is 0 Å². The van der Waals surface area contributed by atoms with Gasteiger partial charge < -0.3 is 10.2 Å². The number of pyridine rings is 1. The summed E-state index contributed by atoms with van der Waals surface area (Å²) in [5.74, 6) is 1.76. The molecule has 1 aromatic heterocycles. The number of thioether (sulfide) groups is 1. The zero-order valence-corrected chi connectivity index (χ0v) is 12.6. The normalized spacial score (nSPS) is 18.8. The van der Waals surface area contributed by atoms with Gasteiger partial charge in [-0.3, -0.25) is 4.79 Å². The summed E-state index contributed by atoms with van der Waals surface area (Å²) >= 11 is 1.94. The fraction of sp³-hybridized carbons (Fsp3) is 0.571. The van der Waals surface area contributed by atoms with Crippen LogP contribution in [0.2, 0.25) is 0 Å². The van der Waals surface area contributed by atoms with E-state index in [0.717, 1.165) is 31.1 Å². The molecule has 1 amide bonds. The molecule has 0 aromatic carbocycles. The molecular weight excluding hydrogens is 258 g/mol. The van der Waals surface area contributed by atoms with E-state index in [1.807, 2.05) is 35.8 Å². The van der Waals surface area contributed by atoms with E-state index in [4.69, 9.17) is 0 Å². The van der Waals surface area contributed by atoms with E-state index in [9.17, 15) is 4.79 Å². The lowest BCUT2D eigenvalue weighted by molar-refractivity contribution is 0.0759. The Hall–Kier alpha value is -1.23. The molecule has 1 aliphatic heterocycles. The number of hydrogen-bond acceptors (Lipinski definition) is 4. The lowest BCUT2D eigenvalue weighted by Crippen LogP contribution is -2.34. The summed E-state index contributed by atoms with van der Waals surface area (Å²) in [7, 11) is 1.81. The van der Waals surface area contributed by atoms with Gasteiger partial charge in [-0.05, 0) is 18.6 Å². The third kappa shape index (κ3) is 3.62. The number of amides is 1. The van der Waals surface area contributed by atoms with Crippen molar-refractivity contribution in [1.82, 2.24) is 9.88 Å². The molecule has 1 saturated heterocycles. The summed E-state index contributed by atoms with van der Waals surface area (Å²) in [6.45, 7) is 6.10. The highest BCUT2D eigenvalue weighted by molar-refractivity contribution is 8.00. The van der Waals surface area contributed by atoms with Crippen LogP contribution in [0.5, 0.6) is 0 Å². The fourth-order valence-electron chi connectivity index (χ4n) is 2.08. The predicted octanol–water partition coefficient (Wildman–Crippen LogP) is 2.48.